The van der Waals surface area contributed by atoms with Gasteiger partial charge in [-0.2, -0.15) is 0 Å². The highest BCUT2D eigenvalue weighted by Gasteiger charge is 2.27. The monoisotopic (exact) mass is 1910 g/mol. The fourth-order valence-corrected chi connectivity index (χ4v) is 20.0. The number of rotatable bonds is 25. The number of carbonyl (C=O) groups excluding carboxylic acids is 5. The molecule has 0 atom stereocenters. The van der Waals surface area contributed by atoms with Crippen LogP contribution >= 0.6 is 34.0 Å². The van der Waals surface area contributed by atoms with Crippen LogP contribution in [-0.4, -0.2) is 236 Å². The molecule has 2 aliphatic carbocycles. The van der Waals surface area contributed by atoms with Crippen molar-refractivity contribution in [2.24, 2.45) is 0 Å². The van der Waals surface area contributed by atoms with E-state index >= 15 is 0 Å². The van der Waals surface area contributed by atoms with Crippen LogP contribution in [0.15, 0.2) is 250 Å². The molecule has 0 saturated carbocycles. The summed E-state index contributed by atoms with van der Waals surface area (Å²) in [5, 5.41) is 9.46. The first-order valence-electron chi connectivity index (χ1n) is 47.2. The first kappa shape index (κ1) is 97.9. The molecule has 5 saturated heterocycles. The third-order valence-corrected chi connectivity index (χ3v) is 29.2. The number of nitrogen functional groups attached to an aromatic ring is 5. The number of piperazine rings is 5. The third-order valence-electron chi connectivity index (χ3n) is 25.7. The summed E-state index contributed by atoms with van der Waals surface area (Å²) >= 11 is 4.45. The van der Waals surface area contributed by atoms with Crippen LogP contribution in [0.5, 0.6) is 0 Å². The normalized spacial score (nSPS) is 15.5. The number of aryl methyl sites for hydroxylation is 1. The van der Waals surface area contributed by atoms with E-state index in [4.69, 9.17) is 28.7 Å². The molecule has 5 aliphatic heterocycles. The molecule has 12 N–H and O–H groups in total. The second-order valence-electron chi connectivity index (χ2n) is 35.5. The summed E-state index contributed by atoms with van der Waals surface area (Å²) in [6, 6.07) is 48.6. The summed E-state index contributed by atoms with van der Waals surface area (Å²) < 4.78 is 0. The van der Waals surface area contributed by atoms with E-state index in [-0.39, 0.29) is 48.2 Å². The SMILES string of the molecule is CN1CCN(c2ccc(C(=O)Cc3cc(-c4ccncc4)ccc3N)cn2)CC1.CN1CCN(c2ccc(C(=O)Cc3cc(-c4ccncc4)ccc3N)nc2)CC1.CN1CCN(c2ncc(C(=O)Cc3cc(C4=CC=CC4)ccc3N)s2)CC1.Cc1nc(N2CCNCC2)sc1C(=O)Cc1cc(C2=CC=CC2)ccc1N.Nc1ccc(-c2ccncc2)cc1CC(=O)c1cnc(N2CCNCC2)s1. The quantitative estimate of drug-likeness (QED) is 0.0206. The number of nitrogens with zero attached hydrogens (tertiary/aromatic N) is 16. The van der Waals surface area contributed by atoms with E-state index in [9.17, 15) is 24.0 Å². The van der Waals surface area contributed by atoms with Crippen molar-refractivity contribution in [3.05, 3.63) is 321 Å². The average molecular weight is 1920 g/mol. The molecule has 0 unspecified atom stereocenters. The molecule has 714 valence electrons. The first-order valence-corrected chi connectivity index (χ1v) is 49.6. The van der Waals surface area contributed by atoms with Crippen LogP contribution in [-0.2, 0) is 32.1 Å². The van der Waals surface area contributed by atoms with E-state index in [1.54, 1.807) is 62.0 Å². The summed E-state index contributed by atoms with van der Waals surface area (Å²) in [4.78, 5) is 119. The lowest BCUT2D eigenvalue weighted by Gasteiger charge is -2.33. The Balaban J connectivity index is 0.000000125. The Morgan fingerprint density at radius 3 is 1.11 bits per heavy atom. The van der Waals surface area contributed by atoms with Crippen molar-refractivity contribution in [3.63, 3.8) is 0 Å². The van der Waals surface area contributed by atoms with Gasteiger partial charge >= 0.3 is 0 Å². The number of allylic oxidation sites excluding steroid dienone is 8. The number of carbonyl (C=O) groups is 5. The van der Waals surface area contributed by atoms with Crippen molar-refractivity contribution in [2.45, 2.75) is 51.9 Å². The Hall–Kier alpha value is -14.2. The number of pyridine rings is 5. The van der Waals surface area contributed by atoms with Crippen LogP contribution in [0.3, 0.4) is 0 Å². The molecule has 0 radical (unpaired) electrons. The van der Waals surface area contributed by atoms with Crippen molar-refractivity contribution in [2.75, 3.05) is 205 Å². The molecule has 20 rings (SSSR count). The summed E-state index contributed by atoms with van der Waals surface area (Å²) in [6.45, 7) is 21.4. The fourth-order valence-electron chi connectivity index (χ4n) is 17.1. The summed E-state index contributed by atoms with van der Waals surface area (Å²) in [5.74, 6) is 1.12. The largest absolute Gasteiger partial charge is 0.398 e. The highest BCUT2D eigenvalue weighted by atomic mass is 32.1. The Labute approximate surface area is 824 Å². The van der Waals surface area contributed by atoms with Gasteiger partial charge < -0.3 is 78.5 Å². The van der Waals surface area contributed by atoms with Crippen LogP contribution < -0.4 is 63.8 Å². The molecule has 5 fully saturated rings. The standard InChI is InChI=1S/2C23H25N5O.2C21H24N4OS.C20H21N5OS/c1-27-10-12-28(13-11-27)20-3-5-22(26-16-20)23(29)15-19-14-18(2-4-21(19)24)17-6-8-25-9-7-17;1-27-10-12-28(13-11-27)23-5-3-19(16-26-23)22(29)15-20-14-18(2-4-21(20)24)17-6-8-25-9-7-17;1-24-8-10-25(11-9-24)21-23-14-20(27-21)19(26)13-17-12-16(6-7-18(17)22)15-4-2-3-5-15;1-14-20(27-21(24-14)25-10-8-23-9-11-25)19(26)13-17-12-16(6-7-18(17)22)15-4-2-3-5-15;21-17-2-1-15(14-3-5-22-6-4-14)11-16(17)12-18(26)19-13-24-20(27-19)25-9-7-23-8-10-25/h2*2-9,14,16H,10-13,15,24H2,1H3;2-4,6-7,12,14H,5,8-11,13,22H2,1H3;2-4,6-7,12,23H,5,8-11,13,22H2,1H3;1-6,11,13,23H,7-10,12,21H2. The maximum atomic E-state index is 13.0. The van der Waals surface area contributed by atoms with Gasteiger partial charge in [0.05, 0.1) is 44.6 Å². The average Bonchev–Trinajstić information content (AvgIpc) is 1.58. The van der Waals surface area contributed by atoms with Gasteiger partial charge in [-0.3, -0.25) is 43.9 Å². The minimum Gasteiger partial charge on any atom is -0.398 e. The molecule has 139 heavy (non-hydrogen) atoms. The zero-order valence-corrected chi connectivity index (χ0v) is 81.5. The van der Waals surface area contributed by atoms with Gasteiger partial charge in [-0.05, 0) is 246 Å². The maximum Gasteiger partial charge on any atom is 0.186 e. The van der Waals surface area contributed by atoms with Crippen LogP contribution in [0.4, 0.5) is 55.3 Å². The van der Waals surface area contributed by atoms with E-state index in [1.807, 2.05) is 146 Å². The number of nitrogens with one attached hydrogen (secondary N) is 2. The first-order chi connectivity index (χ1) is 67.6. The maximum absolute atomic E-state index is 13.0. The van der Waals surface area contributed by atoms with Crippen LogP contribution in [0, 0.1) is 6.92 Å². The minimum absolute atomic E-state index is 0.0148. The Kier molecular flexibility index (Phi) is 33.3. The summed E-state index contributed by atoms with van der Waals surface area (Å²) in [5.41, 5.74) is 52.1. The number of aromatic nitrogens is 8. The molecule has 5 aromatic carbocycles. The number of anilines is 10. The Bertz CT molecular complexity index is 6380. The van der Waals surface area contributed by atoms with Crippen LogP contribution in [0.25, 0.3) is 44.5 Å². The molecule has 0 spiro atoms. The lowest BCUT2D eigenvalue weighted by molar-refractivity contribution is 0.0981. The molecular formula is C108H119N23O5S3. The molecule has 8 aromatic heterocycles. The van der Waals surface area contributed by atoms with Crippen molar-refractivity contribution >= 4 is 129 Å². The molecule has 31 heteroatoms. The number of likely N-dealkylation sites (N-methyl/N-ethyl adjacent to an activating group) is 3. The number of ketones is 5. The second-order valence-corrected chi connectivity index (χ2v) is 38.5. The number of thiazole rings is 3. The molecule has 0 bridgehead atoms. The summed E-state index contributed by atoms with van der Waals surface area (Å²) in [6.07, 6.45) is 33.3. The van der Waals surface area contributed by atoms with Gasteiger partial charge in [-0.1, -0.05) is 101 Å². The van der Waals surface area contributed by atoms with Crippen molar-refractivity contribution < 1.29 is 24.0 Å². The summed E-state index contributed by atoms with van der Waals surface area (Å²) in [7, 11) is 6.39. The number of Topliss-reactive ketones (excluding diaryl/α,β-unsaturated/α-hetero) is 5. The van der Waals surface area contributed by atoms with Crippen LogP contribution in [0.2, 0.25) is 0 Å². The van der Waals surface area contributed by atoms with E-state index in [1.165, 1.54) is 45.2 Å². The lowest BCUT2D eigenvalue weighted by atomic mass is 9.98. The molecule has 0 amide bonds. The van der Waals surface area contributed by atoms with Gasteiger partial charge in [0, 0.05) is 240 Å². The predicted molar refractivity (Wildman–Crippen MR) is 566 cm³/mol. The Morgan fingerprint density at radius 2 is 0.712 bits per heavy atom. The third kappa shape index (κ3) is 26.2. The number of hydrogen-bond donors (Lipinski definition) is 7. The smallest absolute Gasteiger partial charge is 0.186 e. The molecule has 13 heterocycles. The van der Waals surface area contributed by atoms with E-state index in [0.717, 1.165) is 254 Å². The van der Waals surface area contributed by atoms with Gasteiger partial charge in [-0.25, -0.2) is 19.9 Å². The Morgan fingerprint density at radius 1 is 0.338 bits per heavy atom. The topological polar surface area (TPSA) is 369 Å². The fraction of sp³-hybridized carbons (Fsp3) is 0.287. The molecule has 13 aromatic rings. The highest BCUT2D eigenvalue weighted by molar-refractivity contribution is 7.18. The van der Waals surface area contributed by atoms with Crippen molar-refractivity contribution in [1.82, 2.24) is 65.2 Å². The van der Waals surface area contributed by atoms with Crippen molar-refractivity contribution in [1.29, 1.82) is 0 Å². The van der Waals surface area contributed by atoms with E-state index in [2.05, 4.69) is 159 Å². The van der Waals surface area contributed by atoms with E-state index in [0.29, 0.717) is 62.3 Å². The number of nitrogens with two attached hydrogens (primary N) is 5. The second kappa shape index (κ2) is 47.3. The predicted octanol–water partition coefficient (Wildman–Crippen LogP) is 14.9. The molecular weight excluding hydrogens is 1800 g/mol. The van der Waals surface area contributed by atoms with E-state index < -0.39 is 0 Å². The number of hydrogen-bond acceptors (Lipinski definition) is 31. The highest BCUT2D eigenvalue weighted by Crippen LogP contribution is 2.36. The number of benzene rings is 5. The van der Waals surface area contributed by atoms with Gasteiger partial charge in [0.15, 0.2) is 44.3 Å². The molecule has 28 nitrogen and oxygen atoms in total. The van der Waals surface area contributed by atoms with Gasteiger partial charge in [0.25, 0.3) is 0 Å². The molecule has 7 aliphatic rings. The van der Waals surface area contributed by atoms with Crippen molar-refractivity contribution in [3.8, 4) is 33.4 Å². The zero-order valence-electron chi connectivity index (χ0n) is 79.1. The van der Waals surface area contributed by atoms with Crippen LogP contribution in [0.1, 0.15) is 107 Å². The van der Waals surface area contributed by atoms with Gasteiger partial charge in [0.2, 0.25) is 0 Å². The lowest BCUT2D eigenvalue weighted by Crippen LogP contribution is -2.44. The van der Waals surface area contributed by atoms with Gasteiger partial charge in [-0.15, -0.1) is 0 Å². The zero-order chi connectivity index (χ0) is 96.7. The van der Waals surface area contributed by atoms with Gasteiger partial charge in [0.1, 0.15) is 11.5 Å². The minimum atomic E-state index is -0.0338.